The van der Waals surface area contributed by atoms with E-state index in [4.69, 9.17) is 0 Å². The van der Waals surface area contributed by atoms with Crippen molar-refractivity contribution in [1.29, 1.82) is 0 Å². The Hall–Kier alpha value is -1.29. The van der Waals surface area contributed by atoms with Crippen LogP contribution in [0.25, 0.3) is 0 Å². The van der Waals surface area contributed by atoms with E-state index in [9.17, 15) is 9.90 Å². The minimum atomic E-state index is -0.295. The van der Waals surface area contributed by atoms with Crippen LogP contribution in [-0.4, -0.2) is 40.1 Å². The molecule has 1 saturated heterocycles. The van der Waals surface area contributed by atoms with E-state index in [-0.39, 0.29) is 17.4 Å². The number of carbonyl (C=O) groups excluding carboxylic acids is 1. The van der Waals surface area contributed by atoms with Crippen LogP contribution in [0.1, 0.15) is 38.7 Å². The lowest BCUT2D eigenvalue weighted by molar-refractivity contribution is -0.137. The number of piperidine rings is 1. The number of carbonyl (C=O) groups is 1. The summed E-state index contributed by atoms with van der Waals surface area (Å²) in [5, 5.41) is 9.90. The average Bonchev–Trinajstić information content (AvgIpc) is 2.85. The first-order valence-corrected chi connectivity index (χ1v) is 7.06. The number of aromatic amines is 1. The van der Waals surface area contributed by atoms with Gasteiger partial charge in [0.2, 0.25) is 5.91 Å². The van der Waals surface area contributed by atoms with E-state index in [1.165, 1.54) is 5.56 Å². The SMILES string of the molecule is CC1(C)CN(C(=O)CCCc2cc[nH]c2)CCC1O. The molecular weight excluding hydrogens is 240 g/mol. The standard InChI is InChI=1S/C15H24N2O2/c1-15(2)11-17(9-7-13(15)18)14(19)5-3-4-12-6-8-16-10-12/h6,8,10,13,16,18H,3-5,7,9,11H2,1-2H3. The summed E-state index contributed by atoms with van der Waals surface area (Å²) >= 11 is 0. The fourth-order valence-electron chi connectivity index (χ4n) is 2.67. The first kappa shape index (κ1) is 14.1. The number of H-pyrrole nitrogens is 1. The van der Waals surface area contributed by atoms with Crippen LogP contribution in [0.2, 0.25) is 0 Å². The number of nitrogens with zero attached hydrogens (tertiary/aromatic N) is 1. The lowest BCUT2D eigenvalue weighted by atomic mass is 9.81. The number of amides is 1. The molecule has 0 saturated carbocycles. The lowest BCUT2D eigenvalue weighted by Gasteiger charge is -2.41. The smallest absolute Gasteiger partial charge is 0.222 e. The third-order valence-corrected chi connectivity index (χ3v) is 4.04. The number of nitrogens with one attached hydrogen (secondary N) is 1. The maximum absolute atomic E-state index is 12.2. The topological polar surface area (TPSA) is 56.3 Å². The summed E-state index contributed by atoms with van der Waals surface area (Å²) in [5.41, 5.74) is 1.07. The van der Waals surface area contributed by atoms with E-state index < -0.39 is 0 Å². The van der Waals surface area contributed by atoms with E-state index in [2.05, 4.69) is 4.98 Å². The largest absolute Gasteiger partial charge is 0.392 e. The summed E-state index contributed by atoms with van der Waals surface area (Å²) in [7, 11) is 0. The third-order valence-electron chi connectivity index (χ3n) is 4.04. The van der Waals surface area contributed by atoms with Crippen molar-refractivity contribution in [2.24, 2.45) is 5.41 Å². The van der Waals surface area contributed by atoms with E-state index in [0.29, 0.717) is 25.9 Å². The van der Waals surface area contributed by atoms with Crippen LogP contribution in [0.4, 0.5) is 0 Å². The molecule has 2 rings (SSSR count). The van der Waals surface area contributed by atoms with E-state index in [0.717, 1.165) is 12.8 Å². The van der Waals surface area contributed by atoms with Gasteiger partial charge in [0.05, 0.1) is 6.10 Å². The van der Waals surface area contributed by atoms with Crippen molar-refractivity contribution in [3.05, 3.63) is 24.0 Å². The highest BCUT2D eigenvalue weighted by Crippen LogP contribution is 2.29. The molecule has 4 nitrogen and oxygen atoms in total. The van der Waals surface area contributed by atoms with Gasteiger partial charge < -0.3 is 15.0 Å². The van der Waals surface area contributed by atoms with Crippen LogP contribution in [0.5, 0.6) is 0 Å². The number of hydrogen-bond acceptors (Lipinski definition) is 2. The van der Waals surface area contributed by atoms with Crippen molar-refractivity contribution < 1.29 is 9.90 Å². The van der Waals surface area contributed by atoms with Crippen LogP contribution in [0.15, 0.2) is 18.5 Å². The Bertz CT molecular complexity index is 412. The quantitative estimate of drug-likeness (QED) is 0.873. The molecule has 1 aromatic heterocycles. The molecule has 1 fully saturated rings. The Kier molecular flexibility index (Phi) is 4.30. The van der Waals surface area contributed by atoms with Crippen molar-refractivity contribution in [2.45, 2.75) is 45.6 Å². The van der Waals surface area contributed by atoms with Crippen LogP contribution in [0.3, 0.4) is 0 Å². The molecule has 1 aromatic rings. The first-order valence-electron chi connectivity index (χ1n) is 7.06. The van der Waals surface area contributed by atoms with Crippen LogP contribution < -0.4 is 0 Å². The molecule has 0 bridgehead atoms. The van der Waals surface area contributed by atoms with Gasteiger partial charge in [-0.3, -0.25) is 4.79 Å². The van der Waals surface area contributed by atoms with Crippen molar-refractivity contribution in [1.82, 2.24) is 9.88 Å². The van der Waals surface area contributed by atoms with E-state index in [1.807, 2.05) is 37.2 Å². The van der Waals surface area contributed by atoms with Gasteiger partial charge in [-0.15, -0.1) is 0 Å². The zero-order valence-electron chi connectivity index (χ0n) is 11.9. The number of aromatic nitrogens is 1. The molecule has 2 heterocycles. The fraction of sp³-hybridized carbons (Fsp3) is 0.667. The molecule has 106 valence electrons. The van der Waals surface area contributed by atoms with Gasteiger partial charge in [0.25, 0.3) is 0 Å². The third kappa shape index (κ3) is 3.60. The average molecular weight is 264 g/mol. The molecule has 1 amide bonds. The minimum absolute atomic E-state index is 0.186. The molecule has 2 N–H and O–H groups in total. The second-order valence-electron chi connectivity index (χ2n) is 6.18. The summed E-state index contributed by atoms with van der Waals surface area (Å²) in [6, 6.07) is 2.05. The van der Waals surface area contributed by atoms with E-state index in [1.54, 1.807) is 0 Å². The lowest BCUT2D eigenvalue weighted by Crippen LogP contribution is -2.50. The van der Waals surface area contributed by atoms with Crippen LogP contribution >= 0.6 is 0 Å². The summed E-state index contributed by atoms with van der Waals surface area (Å²) in [6.45, 7) is 5.40. The molecule has 1 unspecified atom stereocenters. The van der Waals surface area contributed by atoms with Crippen molar-refractivity contribution in [3.63, 3.8) is 0 Å². The van der Waals surface area contributed by atoms with Crippen molar-refractivity contribution in [2.75, 3.05) is 13.1 Å². The zero-order valence-corrected chi connectivity index (χ0v) is 11.9. The number of aliphatic hydroxyl groups is 1. The van der Waals surface area contributed by atoms with Gasteiger partial charge in [0.1, 0.15) is 0 Å². The zero-order chi connectivity index (χ0) is 13.9. The van der Waals surface area contributed by atoms with Crippen LogP contribution in [0, 0.1) is 5.41 Å². The molecule has 0 aliphatic carbocycles. The molecule has 19 heavy (non-hydrogen) atoms. The first-order chi connectivity index (χ1) is 8.99. The maximum Gasteiger partial charge on any atom is 0.222 e. The normalized spacial score (nSPS) is 22.5. The predicted octanol–water partition coefficient (Wildman–Crippen LogP) is 1.96. The van der Waals surface area contributed by atoms with E-state index >= 15 is 0 Å². The van der Waals surface area contributed by atoms with Gasteiger partial charge in [-0.2, -0.15) is 0 Å². The van der Waals surface area contributed by atoms with Gasteiger partial charge >= 0.3 is 0 Å². The number of rotatable bonds is 4. The van der Waals surface area contributed by atoms with Gasteiger partial charge in [0.15, 0.2) is 0 Å². The van der Waals surface area contributed by atoms with Crippen molar-refractivity contribution >= 4 is 5.91 Å². The Morgan fingerprint density at radius 3 is 3.00 bits per heavy atom. The van der Waals surface area contributed by atoms with Gasteiger partial charge in [-0.25, -0.2) is 0 Å². The number of aliphatic hydroxyl groups excluding tert-OH is 1. The monoisotopic (exact) mass is 264 g/mol. The predicted molar refractivity (Wildman–Crippen MR) is 74.7 cm³/mol. The summed E-state index contributed by atoms with van der Waals surface area (Å²) in [6.07, 6.45) is 6.70. The number of hydrogen-bond donors (Lipinski definition) is 2. The summed E-state index contributed by atoms with van der Waals surface area (Å²) in [4.78, 5) is 17.1. The Morgan fingerprint density at radius 2 is 2.37 bits per heavy atom. The van der Waals surface area contributed by atoms with Gasteiger partial charge in [0, 0.05) is 37.3 Å². The van der Waals surface area contributed by atoms with Gasteiger partial charge in [-0.05, 0) is 30.9 Å². The minimum Gasteiger partial charge on any atom is -0.392 e. The Balaban J connectivity index is 1.77. The second-order valence-corrected chi connectivity index (χ2v) is 6.18. The highest BCUT2D eigenvalue weighted by atomic mass is 16.3. The molecule has 1 aliphatic rings. The molecular formula is C15H24N2O2. The van der Waals surface area contributed by atoms with Crippen molar-refractivity contribution in [3.8, 4) is 0 Å². The summed E-state index contributed by atoms with van der Waals surface area (Å²) < 4.78 is 0. The summed E-state index contributed by atoms with van der Waals surface area (Å²) in [5.74, 6) is 0.218. The molecule has 0 spiro atoms. The van der Waals surface area contributed by atoms with Gasteiger partial charge in [-0.1, -0.05) is 13.8 Å². The maximum atomic E-state index is 12.2. The molecule has 0 radical (unpaired) electrons. The second kappa shape index (κ2) is 5.78. The number of aryl methyl sites for hydroxylation is 1. The highest BCUT2D eigenvalue weighted by molar-refractivity contribution is 5.76. The highest BCUT2D eigenvalue weighted by Gasteiger charge is 2.35. The number of likely N-dealkylation sites (tertiary alicyclic amines) is 1. The Morgan fingerprint density at radius 1 is 1.58 bits per heavy atom. The Labute approximate surface area is 114 Å². The fourth-order valence-corrected chi connectivity index (χ4v) is 2.67. The molecule has 4 heteroatoms. The molecule has 0 aromatic carbocycles. The van der Waals surface area contributed by atoms with Crippen LogP contribution in [-0.2, 0) is 11.2 Å². The molecule has 1 aliphatic heterocycles. The molecule has 1 atom stereocenters.